The molecule has 0 atom stereocenters. The molecule has 0 heterocycles. The maximum atomic E-state index is 2.27. The van der Waals surface area contributed by atoms with Gasteiger partial charge in [-0.2, -0.15) is 0 Å². The van der Waals surface area contributed by atoms with E-state index in [-0.39, 0.29) is 17.1 Å². The Balaban J connectivity index is 2.43. The normalized spacial score (nSPS) is 8.90. The van der Waals surface area contributed by atoms with Crippen LogP contribution in [0.1, 0.15) is 13.3 Å². The molecule has 0 nitrogen and oxygen atoms in total. The zero-order chi connectivity index (χ0) is 7.23. The Bertz CT molecular complexity index is 169. The number of benzene rings is 1. The molecule has 0 fully saturated rings. The van der Waals surface area contributed by atoms with Gasteiger partial charge in [-0.15, -0.1) is 0 Å². The molecule has 1 heteroatoms. The summed E-state index contributed by atoms with van der Waals surface area (Å²) in [6.45, 7) is 2.27. The summed E-state index contributed by atoms with van der Waals surface area (Å²) in [5.41, 5.74) is 0. The van der Waals surface area contributed by atoms with Crippen LogP contribution < -0.4 is 4.16 Å². The second-order valence-electron chi connectivity index (χ2n) is 2.59. The van der Waals surface area contributed by atoms with Crippen LogP contribution in [-0.4, -0.2) is 0 Å². The van der Waals surface area contributed by atoms with Crippen LogP contribution >= 0.6 is 0 Å². The number of hydrogen-bond donors (Lipinski definition) is 0. The second kappa shape index (κ2) is 4.63. The molecule has 0 saturated heterocycles. The summed E-state index contributed by atoms with van der Waals surface area (Å²) in [5, 5.41) is 1.50. The average Bonchev–Trinajstić information content (AvgIpc) is 2.03. The zero-order valence-corrected chi connectivity index (χ0v) is 9.48. The van der Waals surface area contributed by atoms with Crippen molar-refractivity contribution in [2.24, 2.45) is 0 Å². The van der Waals surface area contributed by atoms with Crippen LogP contribution in [0, 0.1) is 0 Å². The molecule has 0 unspecified atom stereocenters. The monoisotopic (exact) mass is 184 g/mol. The molecule has 0 spiro atoms. The average molecular weight is 186 g/mol. The zero-order valence-electron chi connectivity index (χ0n) is 6.51. The molecular formula is C9H12Zn. The van der Waals surface area contributed by atoms with Crippen molar-refractivity contribution in [2.75, 3.05) is 0 Å². The van der Waals surface area contributed by atoms with Gasteiger partial charge in [0.25, 0.3) is 0 Å². The molecule has 0 radical (unpaired) electrons. The van der Waals surface area contributed by atoms with E-state index in [4.69, 9.17) is 0 Å². The van der Waals surface area contributed by atoms with Crippen LogP contribution in [-0.2, 0) is 17.1 Å². The van der Waals surface area contributed by atoms with Gasteiger partial charge < -0.3 is 0 Å². The first kappa shape index (κ1) is 7.94. The molecule has 0 bridgehead atoms. The minimum absolute atomic E-state index is 0.312. The minimum atomic E-state index is -0.312. The van der Waals surface area contributed by atoms with E-state index < -0.39 is 0 Å². The van der Waals surface area contributed by atoms with E-state index in [0.29, 0.717) is 0 Å². The van der Waals surface area contributed by atoms with E-state index in [9.17, 15) is 0 Å². The number of rotatable bonds is 3. The predicted molar refractivity (Wildman–Crippen MR) is 41.2 cm³/mol. The Hall–Kier alpha value is -0.157. The summed E-state index contributed by atoms with van der Waals surface area (Å²) >= 11 is -0.312. The van der Waals surface area contributed by atoms with Gasteiger partial charge in [0.1, 0.15) is 0 Å². The molecule has 0 aliphatic rings. The van der Waals surface area contributed by atoms with Crippen LogP contribution in [0.3, 0.4) is 0 Å². The van der Waals surface area contributed by atoms with Gasteiger partial charge in [0, 0.05) is 0 Å². The first-order valence-corrected chi connectivity index (χ1v) is 7.55. The van der Waals surface area contributed by atoms with Crippen LogP contribution in [0.15, 0.2) is 30.3 Å². The summed E-state index contributed by atoms with van der Waals surface area (Å²) in [6.07, 6.45) is 1.37. The Morgan fingerprint density at radius 3 is 2.50 bits per heavy atom. The molecule has 0 aliphatic heterocycles. The third kappa shape index (κ3) is 2.62. The molecule has 1 rings (SSSR count). The Kier molecular flexibility index (Phi) is 3.68. The van der Waals surface area contributed by atoms with Gasteiger partial charge in [0.15, 0.2) is 0 Å². The fourth-order valence-corrected chi connectivity index (χ4v) is 3.89. The third-order valence-corrected chi connectivity index (χ3v) is 6.09. The predicted octanol–water partition coefficient (Wildman–Crippen LogP) is 2.22. The quantitative estimate of drug-likeness (QED) is 0.634. The molecule has 10 heavy (non-hydrogen) atoms. The second-order valence-corrected chi connectivity index (χ2v) is 6.83. The van der Waals surface area contributed by atoms with Gasteiger partial charge in [0.2, 0.25) is 0 Å². The summed E-state index contributed by atoms with van der Waals surface area (Å²) in [6, 6.07) is 10.9. The van der Waals surface area contributed by atoms with Gasteiger partial charge in [-0.25, -0.2) is 0 Å². The van der Waals surface area contributed by atoms with Gasteiger partial charge in [-0.3, -0.25) is 0 Å². The van der Waals surface area contributed by atoms with Gasteiger partial charge in [0.05, 0.1) is 0 Å². The van der Waals surface area contributed by atoms with E-state index in [1.807, 2.05) is 0 Å². The molecule has 1 aromatic carbocycles. The topological polar surface area (TPSA) is 0 Å². The van der Waals surface area contributed by atoms with Crippen LogP contribution in [0.5, 0.6) is 0 Å². The van der Waals surface area contributed by atoms with Crippen LogP contribution in [0.4, 0.5) is 0 Å². The number of hydrogen-bond acceptors (Lipinski definition) is 0. The maximum absolute atomic E-state index is 2.27. The molecule has 0 saturated carbocycles. The molecule has 50 valence electrons. The summed E-state index contributed by atoms with van der Waals surface area (Å²) in [4.78, 5) is 0. The molecule has 0 amide bonds. The Morgan fingerprint density at radius 2 is 1.90 bits per heavy atom. The molecule has 0 aliphatic carbocycles. The SMILES string of the molecule is CC[CH2][Zn][c]1ccccc1. The van der Waals surface area contributed by atoms with Crippen molar-refractivity contribution in [1.82, 2.24) is 0 Å². The van der Waals surface area contributed by atoms with E-state index in [0.717, 1.165) is 0 Å². The molecular weight excluding hydrogens is 173 g/mol. The fraction of sp³-hybridized carbons (Fsp3) is 0.333. The fourth-order valence-electron chi connectivity index (χ4n) is 1.03. The third-order valence-electron chi connectivity index (χ3n) is 1.66. The van der Waals surface area contributed by atoms with Gasteiger partial charge in [-0.1, -0.05) is 0 Å². The van der Waals surface area contributed by atoms with E-state index in [2.05, 4.69) is 37.3 Å². The Labute approximate surface area is 70.2 Å². The van der Waals surface area contributed by atoms with E-state index in [1.165, 1.54) is 11.4 Å². The van der Waals surface area contributed by atoms with Crippen molar-refractivity contribution in [3.8, 4) is 0 Å². The molecule has 0 N–H and O–H groups in total. The standard InChI is InChI=1S/C6H5.C3H7.Zn/c1-2-4-6-5-3-1;1-3-2;/h1-5H;1,3H2,2H3;. The van der Waals surface area contributed by atoms with Crippen molar-refractivity contribution < 1.29 is 17.1 Å². The Morgan fingerprint density at radius 1 is 1.20 bits per heavy atom. The first-order chi connectivity index (χ1) is 4.93. The van der Waals surface area contributed by atoms with Gasteiger partial charge >= 0.3 is 70.0 Å². The van der Waals surface area contributed by atoms with Gasteiger partial charge in [-0.05, 0) is 0 Å². The van der Waals surface area contributed by atoms with Crippen molar-refractivity contribution in [1.29, 1.82) is 0 Å². The van der Waals surface area contributed by atoms with Crippen molar-refractivity contribution in [2.45, 2.75) is 18.4 Å². The summed E-state index contributed by atoms with van der Waals surface area (Å²) < 4.78 is 1.65. The molecule has 1 aromatic rings. The first-order valence-electron chi connectivity index (χ1n) is 3.97. The van der Waals surface area contributed by atoms with Crippen LogP contribution in [0.25, 0.3) is 0 Å². The van der Waals surface area contributed by atoms with Crippen molar-refractivity contribution in [3.05, 3.63) is 30.3 Å². The molecule has 0 aromatic heterocycles. The summed E-state index contributed by atoms with van der Waals surface area (Å²) in [5.74, 6) is 0. The van der Waals surface area contributed by atoms with Crippen LogP contribution in [0.2, 0.25) is 5.02 Å². The van der Waals surface area contributed by atoms with E-state index in [1.54, 1.807) is 4.16 Å². The van der Waals surface area contributed by atoms with E-state index >= 15 is 0 Å². The summed E-state index contributed by atoms with van der Waals surface area (Å²) in [7, 11) is 0. The van der Waals surface area contributed by atoms with Crippen molar-refractivity contribution >= 4 is 4.16 Å². The van der Waals surface area contributed by atoms with Crippen molar-refractivity contribution in [3.63, 3.8) is 0 Å².